The van der Waals surface area contributed by atoms with E-state index in [1.54, 1.807) is 14.2 Å². The quantitative estimate of drug-likeness (QED) is 0.791. The number of hydrogen-bond acceptors (Lipinski definition) is 4. The molecule has 0 aromatic heterocycles. The molecule has 0 spiro atoms. The Morgan fingerprint density at radius 2 is 1.94 bits per heavy atom. The molecule has 4 nitrogen and oxygen atoms in total. The van der Waals surface area contributed by atoms with Gasteiger partial charge in [-0.05, 0) is 30.7 Å². The molecule has 0 aliphatic heterocycles. The molecule has 4 N–H and O–H groups in total. The molecule has 1 aromatic carbocycles. The maximum atomic E-state index is 6.13. The van der Waals surface area contributed by atoms with Crippen molar-refractivity contribution < 1.29 is 9.47 Å². The lowest BCUT2D eigenvalue weighted by Gasteiger charge is -2.21. The van der Waals surface area contributed by atoms with Crippen molar-refractivity contribution in [1.82, 2.24) is 0 Å². The summed E-state index contributed by atoms with van der Waals surface area (Å²) >= 11 is 0. The third kappa shape index (κ3) is 2.65. The summed E-state index contributed by atoms with van der Waals surface area (Å²) in [4.78, 5) is 0. The Labute approximate surface area is 96.5 Å². The Balaban J connectivity index is 3.07. The number of nitrogens with two attached hydrogens (primary N) is 2. The van der Waals surface area contributed by atoms with Gasteiger partial charge in [0.25, 0.3) is 0 Å². The second-order valence-corrected chi connectivity index (χ2v) is 3.85. The van der Waals surface area contributed by atoms with E-state index in [4.69, 9.17) is 20.9 Å². The van der Waals surface area contributed by atoms with E-state index in [2.05, 4.69) is 0 Å². The van der Waals surface area contributed by atoms with Crippen LogP contribution in [0.25, 0.3) is 0 Å². The lowest BCUT2D eigenvalue weighted by atomic mass is 9.94. The molecule has 90 valence electrons. The van der Waals surface area contributed by atoms with Crippen molar-refractivity contribution in [2.45, 2.75) is 13.0 Å². The van der Waals surface area contributed by atoms with E-state index in [9.17, 15) is 0 Å². The van der Waals surface area contributed by atoms with Crippen LogP contribution in [0.4, 0.5) is 0 Å². The van der Waals surface area contributed by atoms with Crippen LogP contribution in [0.3, 0.4) is 0 Å². The molecule has 0 fully saturated rings. The zero-order valence-electron chi connectivity index (χ0n) is 10.1. The van der Waals surface area contributed by atoms with E-state index in [-0.39, 0.29) is 12.0 Å². The van der Waals surface area contributed by atoms with Crippen LogP contribution < -0.4 is 20.9 Å². The highest BCUT2D eigenvalue weighted by Crippen LogP contribution is 2.31. The highest BCUT2D eigenvalue weighted by Gasteiger charge is 2.18. The number of ether oxygens (including phenoxy) is 2. The predicted octanol–water partition coefficient (Wildman–Crippen LogP) is 1.30. The Morgan fingerprint density at radius 3 is 2.44 bits per heavy atom. The summed E-state index contributed by atoms with van der Waals surface area (Å²) < 4.78 is 10.5. The maximum absolute atomic E-state index is 6.13. The van der Waals surface area contributed by atoms with Crippen molar-refractivity contribution in [2.75, 3.05) is 20.8 Å². The molecule has 0 saturated carbocycles. The first-order valence-corrected chi connectivity index (χ1v) is 5.31. The van der Waals surface area contributed by atoms with E-state index >= 15 is 0 Å². The second kappa shape index (κ2) is 5.72. The van der Waals surface area contributed by atoms with Crippen molar-refractivity contribution in [3.05, 3.63) is 23.8 Å². The van der Waals surface area contributed by atoms with Gasteiger partial charge >= 0.3 is 0 Å². The van der Waals surface area contributed by atoms with Crippen LogP contribution in [0.2, 0.25) is 0 Å². The fourth-order valence-corrected chi connectivity index (χ4v) is 1.55. The zero-order valence-corrected chi connectivity index (χ0v) is 10.1. The van der Waals surface area contributed by atoms with Gasteiger partial charge in [-0.3, -0.25) is 0 Å². The molecule has 0 amide bonds. The third-order valence-corrected chi connectivity index (χ3v) is 2.78. The van der Waals surface area contributed by atoms with E-state index in [0.29, 0.717) is 6.54 Å². The van der Waals surface area contributed by atoms with Crippen LogP contribution in [0.15, 0.2) is 18.2 Å². The van der Waals surface area contributed by atoms with Crippen LogP contribution in [-0.4, -0.2) is 20.8 Å². The van der Waals surface area contributed by atoms with Gasteiger partial charge in [-0.25, -0.2) is 0 Å². The topological polar surface area (TPSA) is 70.5 Å². The van der Waals surface area contributed by atoms with E-state index in [1.165, 1.54) is 0 Å². The number of benzene rings is 1. The van der Waals surface area contributed by atoms with E-state index < -0.39 is 0 Å². The SMILES string of the molecule is COc1ccc(OC)c(C(N)C(C)CN)c1. The number of methoxy groups -OCH3 is 2. The van der Waals surface area contributed by atoms with Gasteiger partial charge in [0.15, 0.2) is 0 Å². The van der Waals surface area contributed by atoms with Crippen molar-refractivity contribution in [3.63, 3.8) is 0 Å². The average molecular weight is 224 g/mol. The first kappa shape index (κ1) is 12.8. The molecule has 0 radical (unpaired) electrons. The largest absolute Gasteiger partial charge is 0.497 e. The smallest absolute Gasteiger partial charge is 0.123 e. The fourth-order valence-electron chi connectivity index (χ4n) is 1.55. The molecule has 2 atom stereocenters. The van der Waals surface area contributed by atoms with Gasteiger partial charge in [-0.15, -0.1) is 0 Å². The molecule has 0 aliphatic carbocycles. The van der Waals surface area contributed by atoms with Crippen molar-refractivity contribution in [2.24, 2.45) is 17.4 Å². The van der Waals surface area contributed by atoms with Crippen LogP contribution in [0, 0.1) is 5.92 Å². The number of rotatable bonds is 5. The van der Waals surface area contributed by atoms with Crippen molar-refractivity contribution in [1.29, 1.82) is 0 Å². The minimum Gasteiger partial charge on any atom is -0.497 e. The van der Waals surface area contributed by atoms with Gasteiger partial charge in [-0.1, -0.05) is 6.92 Å². The normalized spacial score (nSPS) is 14.3. The van der Waals surface area contributed by atoms with E-state index in [0.717, 1.165) is 17.1 Å². The van der Waals surface area contributed by atoms with Gasteiger partial charge < -0.3 is 20.9 Å². The Bertz CT molecular complexity index is 342. The van der Waals surface area contributed by atoms with Crippen LogP contribution in [-0.2, 0) is 0 Å². The summed E-state index contributed by atoms with van der Waals surface area (Å²) in [6.45, 7) is 2.56. The lowest BCUT2D eigenvalue weighted by Crippen LogP contribution is -2.25. The summed E-state index contributed by atoms with van der Waals surface area (Å²) in [5, 5.41) is 0. The molecule has 1 aromatic rings. The molecule has 0 saturated heterocycles. The minimum absolute atomic E-state index is 0.143. The first-order valence-electron chi connectivity index (χ1n) is 5.31. The zero-order chi connectivity index (χ0) is 12.1. The van der Waals surface area contributed by atoms with Crippen molar-refractivity contribution in [3.8, 4) is 11.5 Å². The van der Waals surface area contributed by atoms with Crippen LogP contribution in [0.1, 0.15) is 18.5 Å². The summed E-state index contributed by atoms with van der Waals surface area (Å²) in [6, 6.07) is 5.46. The highest BCUT2D eigenvalue weighted by atomic mass is 16.5. The Kier molecular flexibility index (Phi) is 4.58. The molecule has 0 aliphatic rings. The highest BCUT2D eigenvalue weighted by molar-refractivity contribution is 5.42. The first-order chi connectivity index (χ1) is 7.63. The standard InChI is InChI=1S/C12H20N2O2/c1-8(7-13)12(14)10-6-9(15-2)4-5-11(10)16-3/h4-6,8,12H,7,13-14H2,1-3H3. The van der Waals surface area contributed by atoms with Gasteiger partial charge in [0.05, 0.1) is 14.2 Å². The van der Waals surface area contributed by atoms with E-state index in [1.807, 2.05) is 25.1 Å². The predicted molar refractivity (Wildman–Crippen MR) is 64.7 cm³/mol. The van der Waals surface area contributed by atoms with Crippen LogP contribution in [0.5, 0.6) is 11.5 Å². The van der Waals surface area contributed by atoms with Gasteiger partial charge in [0.1, 0.15) is 11.5 Å². The fraction of sp³-hybridized carbons (Fsp3) is 0.500. The molecular formula is C12H20N2O2. The summed E-state index contributed by atoms with van der Waals surface area (Å²) in [5.74, 6) is 1.74. The summed E-state index contributed by atoms with van der Waals surface area (Å²) in [7, 11) is 3.26. The monoisotopic (exact) mass is 224 g/mol. The third-order valence-electron chi connectivity index (χ3n) is 2.78. The van der Waals surface area contributed by atoms with Gasteiger partial charge in [-0.2, -0.15) is 0 Å². The molecule has 1 rings (SSSR count). The average Bonchev–Trinajstić information content (AvgIpc) is 2.35. The van der Waals surface area contributed by atoms with Crippen LogP contribution >= 0.6 is 0 Å². The maximum Gasteiger partial charge on any atom is 0.123 e. The lowest BCUT2D eigenvalue weighted by molar-refractivity contribution is 0.384. The summed E-state index contributed by atoms with van der Waals surface area (Å²) in [6.07, 6.45) is 0. The minimum atomic E-state index is -0.143. The second-order valence-electron chi connectivity index (χ2n) is 3.85. The van der Waals surface area contributed by atoms with Gasteiger partial charge in [0.2, 0.25) is 0 Å². The molecule has 0 heterocycles. The van der Waals surface area contributed by atoms with Gasteiger partial charge in [0, 0.05) is 11.6 Å². The Morgan fingerprint density at radius 1 is 1.25 bits per heavy atom. The molecule has 4 heteroatoms. The summed E-state index contributed by atoms with van der Waals surface area (Å²) in [5.41, 5.74) is 12.7. The molecule has 0 bridgehead atoms. The molecule has 2 unspecified atom stereocenters. The Hall–Kier alpha value is -1.26. The molecule has 16 heavy (non-hydrogen) atoms. The number of hydrogen-bond donors (Lipinski definition) is 2. The van der Waals surface area contributed by atoms with Crippen molar-refractivity contribution >= 4 is 0 Å². The molecular weight excluding hydrogens is 204 g/mol.